The molecule has 2 unspecified atom stereocenters. The van der Waals surface area contributed by atoms with E-state index >= 15 is 0 Å². The predicted molar refractivity (Wildman–Crippen MR) is 164 cm³/mol. The van der Waals surface area contributed by atoms with E-state index in [0.717, 1.165) is 0 Å². The highest BCUT2D eigenvalue weighted by Gasteiger charge is 2.38. The van der Waals surface area contributed by atoms with Gasteiger partial charge in [0.1, 0.15) is 0 Å². The Kier molecular flexibility index (Phi) is 4.99. The molecule has 0 aromatic heterocycles. The van der Waals surface area contributed by atoms with Gasteiger partial charge >= 0.3 is 0 Å². The van der Waals surface area contributed by atoms with Crippen LogP contribution in [0.5, 0.6) is 0 Å². The molecule has 4 aliphatic heterocycles. The van der Waals surface area contributed by atoms with Gasteiger partial charge in [-0.2, -0.15) is 0 Å². The number of thioether (sulfide) groups is 8. The van der Waals surface area contributed by atoms with E-state index in [1.165, 1.54) is 62.2 Å². The van der Waals surface area contributed by atoms with Gasteiger partial charge in [-0.25, -0.2) is 0 Å². The van der Waals surface area contributed by atoms with Crippen molar-refractivity contribution in [2.75, 3.05) is 0 Å². The Bertz CT molecular complexity index is 1530. The minimum atomic E-state index is 0.657. The van der Waals surface area contributed by atoms with Gasteiger partial charge in [0.15, 0.2) is 0 Å². The lowest BCUT2D eigenvalue weighted by atomic mass is 9.97. The van der Waals surface area contributed by atoms with Gasteiger partial charge in [-0.1, -0.05) is 131 Å². The van der Waals surface area contributed by atoms with E-state index in [2.05, 4.69) is 60.7 Å². The van der Waals surface area contributed by atoms with Crippen LogP contribution in [0.15, 0.2) is 106 Å². The van der Waals surface area contributed by atoms with Crippen molar-refractivity contribution in [1.82, 2.24) is 0 Å². The fourth-order valence-corrected chi connectivity index (χ4v) is 17.3. The summed E-state index contributed by atoms with van der Waals surface area (Å²) in [6.07, 6.45) is 6.14. The zero-order chi connectivity index (χ0) is 22.7. The molecular weight excluding hydrogens is 581 g/mol. The lowest BCUT2D eigenvalue weighted by Crippen LogP contribution is -1.96. The Hall–Kier alpha value is -0.320. The molecule has 0 N–H and O–H groups in total. The van der Waals surface area contributed by atoms with Crippen LogP contribution < -0.4 is 0 Å². The van der Waals surface area contributed by atoms with Gasteiger partial charge in [-0.05, 0) is 52.6 Å². The molecular formula is C27H14S8. The van der Waals surface area contributed by atoms with Crippen molar-refractivity contribution in [1.29, 1.82) is 0 Å². The molecule has 0 saturated heterocycles. The smallest absolute Gasteiger partial charge is 0.0718 e. The fourth-order valence-electron chi connectivity index (χ4n) is 5.27. The number of hydrogen-bond donors (Lipinski definition) is 0. The van der Waals surface area contributed by atoms with Gasteiger partial charge in [0, 0.05) is 31.4 Å². The summed E-state index contributed by atoms with van der Waals surface area (Å²) in [6.45, 7) is 0. The third-order valence-electron chi connectivity index (χ3n) is 6.90. The Morgan fingerprint density at radius 3 is 1.26 bits per heavy atom. The Morgan fingerprint density at radius 2 is 0.829 bits per heavy atom. The molecule has 3 aromatic carbocycles. The molecule has 35 heavy (non-hydrogen) atoms. The van der Waals surface area contributed by atoms with Crippen LogP contribution in [0.2, 0.25) is 0 Å². The molecule has 2 aliphatic carbocycles. The number of rotatable bonds is 0. The lowest BCUT2D eigenvalue weighted by molar-refractivity contribution is 0.804. The van der Waals surface area contributed by atoms with Crippen LogP contribution in [0.1, 0.15) is 29.4 Å². The third kappa shape index (κ3) is 3.40. The quantitative estimate of drug-likeness (QED) is 0.233. The standard InChI is InChI=1S/C27H14S8/c1-2-4-13-9-19-18(8-12(13)3-1)28-22-23(29-19)33-26(32-22)27-34-24-25(35-27)31-21-11-17-15-6-5-14(7-15)16(17)10-20(21)30-24/h1-6,8-11,14-15H,7H2. The highest BCUT2D eigenvalue weighted by Crippen LogP contribution is 2.71. The highest BCUT2D eigenvalue weighted by atomic mass is 32.3. The van der Waals surface area contributed by atoms with E-state index in [-0.39, 0.29) is 0 Å². The van der Waals surface area contributed by atoms with Crippen LogP contribution in [-0.4, -0.2) is 0 Å². The van der Waals surface area contributed by atoms with Gasteiger partial charge in [-0.3, -0.25) is 0 Å². The lowest BCUT2D eigenvalue weighted by Gasteiger charge is -2.20. The second-order valence-corrected chi connectivity index (χ2v) is 18.8. The molecule has 0 amide bonds. The van der Waals surface area contributed by atoms with Crippen molar-refractivity contribution >= 4 is 105 Å². The molecule has 4 heterocycles. The van der Waals surface area contributed by atoms with E-state index in [1.807, 2.05) is 94.1 Å². The monoisotopic (exact) mass is 594 g/mol. The number of allylic oxidation sites excluding steroid dienone is 2. The molecule has 0 nitrogen and oxygen atoms in total. The molecule has 3 aromatic rings. The summed E-state index contributed by atoms with van der Waals surface area (Å²) in [5, 5.41) is 2.67. The van der Waals surface area contributed by atoms with Crippen molar-refractivity contribution in [3.63, 3.8) is 0 Å². The van der Waals surface area contributed by atoms with E-state index in [1.54, 1.807) is 11.1 Å². The highest BCUT2D eigenvalue weighted by molar-refractivity contribution is 8.45. The SMILES string of the molecule is C1=CC2CC1c1cc3c(cc12)SC1=C(SC(=C2SC4=C(S2)Sc2cc5ccccc5cc2S4)S1)S3. The maximum absolute atomic E-state index is 2.50. The van der Waals surface area contributed by atoms with E-state index < -0.39 is 0 Å². The van der Waals surface area contributed by atoms with E-state index in [4.69, 9.17) is 0 Å². The number of fused-ring (bicyclic) bond motifs is 8. The minimum absolute atomic E-state index is 0.657. The molecule has 170 valence electrons. The maximum atomic E-state index is 2.50. The van der Waals surface area contributed by atoms with Crippen LogP contribution in [0.3, 0.4) is 0 Å². The average Bonchev–Trinajstić information content (AvgIpc) is 3.66. The van der Waals surface area contributed by atoms with Gasteiger partial charge < -0.3 is 0 Å². The summed E-state index contributed by atoms with van der Waals surface area (Å²) in [5.74, 6) is 1.31. The van der Waals surface area contributed by atoms with Crippen LogP contribution in [0, 0.1) is 0 Å². The largest absolute Gasteiger partial charge is 0.0804 e. The summed E-state index contributed by atoms with van der Waals surface area (Å²) >= 11 is 15.9. The topological polar surface area (TPSA) is 0 Å². The Balaban J connectivity index is 0.978. The molecule has 2 bridgehead atoms. The summed E-state index contributed by atoms with van der Waals surface area (Å²) in [4.78, 5) is 5.72. The Morgan fingerprint density at radius 1 is 0.457 bits per heavy atom. The first-order valence-electron chi connectivity index (χ1n) is 11.3. The van der Waals surface area contributed by atoms with Crippen molar-refractivity contribution in [3.8, 4) is 0 Å². The minimum Gasteiger partial charge on any atom is -0.0804 e. The van der Waals surface area contributed by atoms with Crippen LogP contribution in [0.25, 0.3) is 10.8 Å². The van der Waals surface area contributed by atoms with Gasteiger partial charge in [-0.15, -0.1) is 0 Å². The molecule has 9 rings (SSSR count). The number of hydrogen-bond acceptors (Lipinski definition) is 8. The first-order chi connectivity index (χ1) is 17.2. The normalized spacial score (nSPS) is 25.4. The second kappa shape index (κ2) is 8.09. The van der Waals surface area contributed by atoms with Crippen molar-refractivity contribution in [2.45, 2.75) is 37.8 Å². The third-order valence-corrected chi connectivity index (χ3v) is 18.6. The zero-order valence-electron chi connectivity index (χ0n) is 17.9. The summed E-state index contributed by atoms with van der Waals surface area (Å²) in [7, 11) is 0. The van der Waals surface area contributed by atoms with Crippen LogP contribution in [0.4, 0.5) is 0 Å². The predicted octanol–water partition coefficient (Wildman–Crippen LogP) is 11.4. The fraction of sp³-hybridized carbons (Fsp3) is 0.111. The van der Waals surface area contributed by atoms with E-state index in [9.17, 15) is 0 Å². The first kappa shape index (κ1) is 21.6. The average molecular weight is 595 g/mol. The molecule has 0 saturated carbocycles. The molecule has 0 radical (unpaired) electrons. The second-order valence-electron chi connectivity index (χ2n) is 8.95. The van der Waals surface area contributed by atoms with E-state index in [0.29, 0.717) is 11.8 Å². The first-order valence-corrected chi connectivity index (χ1v) is 17.8. The van der Waals surface area contributed by atoms with Crippen LogP contribution in [-0.2, 0) is 0 Å². The Labute approximate surface area is 237 Å². The van der Waals surface area contributed by atoms with Crippen molar-refractivity contribution in [3.05, 3.63) is 97.2 Å². The molecule has 8 heteroatoms. The summed E-state index contributed by atoms with van der Waals surface area (Å²) in [6, 6.07) is 18.5. The van der Waals surface area contributed by atoms with Crippen molar-refractivity contribution < 1.29 is 0 Å². The molecule has 0 spiro atoms. The molecule has 6 aliphatic rings. The number of benzene rings is 3. The zero-order valence-corrected chi connectivity index (χ0v) is 24.4. The maximum Gasteiger partial charge on any atom is 0.0718 e. The van der Waals surface area contributed by atoms with Gasteiger partial charge in [0.2, 0.25) is 0 Å². The van der Waals surface area contributed by atoms with Crippen molar-refractivity contribution in [2.24, 2.45) is 0 Å². The van der Waals surface area contributed by atoms with Gasteiger partial charge in [0.05, 0.1) is 25.4 Å². The molecule has 2 atom stereocenters. The van der Waals surface area contributed by atoms with Crippen LogP contribution >= 0.6 is 94.1 Å². The summed E-state index contributed by atoms with van der Waals surface area (Å²) in [5.41, 5.74) is 3.17. The molecule has 0 fully saturated rings. The summed E-state index contributed by atoms with van der Waals surface area (Å²) < 4.78 is 8.81. The van der Waals surface area contributed by atoms with Gasteiger partial charge in [0.25, 0.3) is 0 Å².